The van der Waals surface area contributed by atoms with Gasteiger partial charge in [0.05, 0.1) is 5.69 Å². The average Bonchev–Trinajstić information content (AvgIpc) is 3.12. The van der Waals surface area contributed by atoms with Crippen molar-refractivity contribution in [3.05, 3.63) is 50.9 Å². The lowest BCUT2D eigenvalue weighted by Crippen LogP contribution is -2.21. The van der Waals surface area contributed by atoms with Crippen LogP contribution in [0.1, 0.15) is 16.3 Å². The van der Waals surface area contributed by atoms with Crippen molar-refractivity contribution in [2.75, 3.05) is 13.8 Å². The number of aryl methyl sites for hydroxylation is 1. The Morgan fingerprint density at radius 1 is 1.25 bits per heavy atom. The topological polar surface area (TPSA) is 69.0 Å². The Kier molecular flexibility index (Phi) is 3.70. The fourth-order valence-electron chi connectivity index (χ4n) is 2.72. The van der Waals surface area contributed by atoms with Crippen LogP contribution in [0.15, 0.2) is 29.1 Å². The molecule has 3 aromatic rings. The van der Waals surface area contributed by atoms with Gasteiger partial charge in [-0.25, -0.2) is 4.98 Å². The Bertz CT molecular complexity index is 966. The van der Waals surface area contributed by atoms with Gasteiger partial charge in [-0.15, -0.1) is 0 Å². The highest BCUT2D eigenvalue weighted by molar-refractivity contribution is 7.16. The van der Waals surface area contributed by atoms with Crippen LogP contribution in [0.25, 0.3) is 4.96 Å². The Balaban J connectivity index is 1.51. The number of fused-ring (bicyclic) bond motifs is 2. The Morgan fingerprint density at radius 3 is 2.96 bits per heavy atom. The van der Waals surface area contributed by atoms with Crippen molar-refractivity contribution in [2.45, 2.75) is 20.0 Å². The van der Waals surface area contributed by atoms with Crippen LogP contribution in [-0.2, 0) is 13.1 Å². The maximum Gasteiger partial charge on any atom is 0.275 e. The number of aromatic nitrogens is 3. The van der Waals surface area contributed by atoms with E-state index in [1.165, 1.54) is 15.9 Å². The van der Waals surface area contributed by atoms with Crippen molar-refractivity contribution in [3.63, 3.8) is 0 Å². The molecule has 3 heterocycles. The van der Waals surface area contributed by atoms with Crippen molar-refractivity contribution in [1.82, 2.24) is 19.5 Å². The Labute approximate surface area is 142 Å². The smallest absolute Gasteiger partial charge is 0.275 e. The predicted molar refractivity (Wildman–Crippen MR) is 89.6 cm³/mol. The summed E-state index contributed by atoms with van der Waals surface area (Å²) in [4.78, 5) is 19.4. The van der Waals surface area contributed by atoms with Gasteiger partial charge in [0.2, 0.25) is 11.8 Å². The monoisotopic (exact) mass is 344 g/mol. The van der Waals surface area contributed by atoms with Gasteiger partial charge >= 0.3 is 0 Å². The molecule has 1 aromatic carbocycles. The van der Waals surface area contributed by atoms with E-state index in [1.807, 2.05) is 32.2 Å². The fraction of sp³-hybridized carbons (Fsp3) is 0.312. The summed E-state index contributed by atoms with van der Waals surface area (Å²) < 4.78 is 12.1. The molecular formula is C16H16N4O3S. The Morgan fingerprint density at radius 2 is 2.08 bits per heavy atom. The van der Waals surface area contributed by atoms with E-state index in [2.05, 4.69) is 15.0 Å². The molecule has 0 spiro atoms. The summed E-state index contributed by atoms with van der Waals surface area (Å²) >= 11 is 1.42. The number of benzene rings is 1. The van der Waals surface area contributed by atoms with E-state index >= 15 is 0 Å². The van der Waals surface area contributed by atoms with Gasteiger partial charge in [-0.3, -0.25) is 9.69 Å². The van der Waals surface area contributed by atoms with Gasteiger partial charge < -0.3 is 9.47 Å². The van der Waals surface area contributed by atoms with Crippen LogP contribution < -0.4 is 15.0 Å². The van der Waals surface area contributed by atoms with E-state index in [0.717, 1.165) is 34.3 Å². The quantitative estimate of drug-likeness (QED) is 0.719. The van der Waals surface area contributed by atoms with E-state index in [4.69, 9.17) is 9.47 Å². The predicted octanol–water partition coefficient (Wildman–Crippen LogP) is 1.82. The third-order valence-electron chi connectivity index (χ3n) is 3.72. The molecule has 0 bridgehead atoms. The van der Waals surface area contributed by atoms with Crippen LogP contribution in [-0.4, -0.2) is 33.3 Å². The summed E-state index contributed by atoms with van der Waals surface area (Å²) in [6.07, 6.45) is 0. The summed E-state index contributed by atoms with van der Waals surface area (Å²) in [5.74, 6) is 1.56. The molecule has 0 atom stereocenters. The molecule has 1 aliphatic heterocycles. The van der Waals surface area contributed by atoms with Crippen molar-refractivity contribution < 1.29 is 9.47 Å². The number of nitrogens with zero attached hydrogens (tertiary/aromatic N) is 4. The molecule has 0 saturated carbocycles. The summed E-state index contributed by atoms with van der Waals surface area (Å²) in [6.45, 7) is 3.44. The molecule has 0 aliphatic carbocycles. The zero-order valence-corrected chi connectivity index (χ0v) is 14.2. The van der Waals surface area contributed by atoms with Gasteiger partial charge in [0.15, 0.2) is 11.5 Å². The first-order valence-corrected chi connectivity index (χ1v) is 8.33. The summed E-state index contributed by atoms with van der Waals surface area (Å²) in [6, 6.07) is 7.46. The second kappa shape index (κ2) is 5.88. The highest BCUT2D eigenvalue weighted by atomic mass is 32.1. The molecule has 7 nitrogen and oxygen atoms in total. The molecular weight excluding hydrogens is 328 g/mol. The number of hydrogen-bond acceptors (Lipinski definition) is 7. The number of rotatable bonds is 4. The minimum Gasteiger partial charge on any atom is -0.454 e. The molecule has 0 fully saturated rings. The second-order valence-electron chi connectivity index (χ2n) is 5.76. The first-order chi connectivity index (χ1) is 11.6. The molecule has 2 aromatic heterocycles. The van der Waals surface area contributed by atoms with Crippen LogP contribution in [0.3, 0.4) is 0 Å². The lowest BCUT2D eigenvalue weighted by Gasteiger charge is -2.16. The van der Waals surface area contributed by atoms with Crippen LogP contribution in [0, 0.1) is 6.92 Å². The third kappa shape index (κ3) is 2.85. The van der Waals surface area contributed by atoms with Gasteiger partial charge in [-0.1, -0.05) is 17.4 Å². The third-order valence-corrected chi connectivity index (χ3v) is 4.54. The van der Waals surface area contributed by atoms with Gasteiger partial charge in [-0.05, 0) is 31.7 Å². The summed E-state index contributed by atoms with van der Waals surface area (Å²) in [7, 11) is 1.99. The van der Waals surface area contributed by atoms with Crippen LogP contribution >= 0.6 is 11.3 Å². The van der Waals surface area contributed by atoms with Gasteiger partial charge in [0.1, 0.15) is 5.01 Å². The highest BCUT2D eigenvalue weighted by Gasteiger charge is 2.14. The lowest BCUT2D eigenvalue weighted by molar-refractivity contribution is 0.174. The minimum atomic E-state index is -0.143. The minimum absolute atomic E-state index is 0.143. The van der Waals surface area contributed by atoms with Crippen LogP contribution in [0.2, 0.25) is 0 Å². The van der Waals surface area contributed by atoms with E-state index in [-0.39, 0.29) is 12.4 Å². The number of ether oxygens (including phenoxy) is 2. The van der Waals surface area contributed by atoms with E-state index < -0.39 is 0 Å². The van der Waals surface area contributed by atoms with E-state index in [1.54, 1.807) is 6.07 Å². The molecule has 1 aliphatic rings. The van der Waals surface area contributed by atoms with Crippen molar-refractivity contribution in [2.24, 2.45) is 0 Å². The molecule has 0 unspecified atom stereocenters. The van der Waals surface area contributed by atoms with E-state index in [9.17, 15) is 4.79 Å². The van der Waals surface area contributed by atoms with Crippen molar-refractivity contribution >= 4 is 16.3 Å². The lowest BCUT2D eigenvalue weighted by atomic mass is 10.2. The normalized spacial score (nSPS) is 13.1. The molecule has 124 valence electrons. The zero-order valence-electron chi connectivity index (χ0n) is 13.4. The second-order valence-corrected chi connectivity index (χ2v) is 6.92. The van der Waals surface area contributed by atoms with Crippen LogP contribution in [0.5, 0.6) is 11.5 Å². The largest absolute Gasteiger partial charge is 0.454 e. The zero-order chi connectivity index (χ0) is 16.7. The molecule has 0 saturated heterocycles. The van der Waals surface area contributed by atoms with Crippen molar-refractivity contribution in [1.29, 1.82) is 0 Å². The molecule has 0 amide bonds. The SMILES string of the molecule is Cc1nn2c(=O)cc(CN(C)Cc3ccc4c(c3)OCO4)nc2s1. The summed E-state index contributed by atoms with van der Waals surface area (Å²) in [5.41, 5.74) is 1.72. The van der Waals surface area contributed by atoms with Crippen LogP contribution in [0.4, 0.5) is 0 Å². The average molecular weight is 344 g/mol. The van der Waals surface area contributed by atoms with Crippen molar-refractivity contribution in [3.8, 4) is 11.5 Å². The first-order valence-electron chi connectivity index (χ1n) is 7.52. The number of hydrogen-bond donors (Lipinski definition) is 0. The maximum absolute atomic E-state index is 12.1. The van der Waals surface area contributed by atoms with Gasteiger partial charge in [-0.2, -0.15) is 9.61 Å². The maximum atomic E-state index is 12.1. The standard InChI is InChI=1S/C16H16N4O3S/c1-10-18-20-15(21)6-12(17-16(20)24-10)8-19(2)7-11-3-4-13-14(5-11)23-9-22-13/h3-6H,7-9H2,1-2H3. The molecule has 8 heteroatoms. The first kappa shape index (κ1) is 15.1. The molecule has 24 heavy (non-hydrogen) atoms. The highest BCUT2D eigenvalue weighted by Crippen LogP contribution is 2.32. The molecule has 0 N–H and O–H groups in total. The Hall–Kier alpha value is -2.45. The fourth-order valence-corrected chi connectivity index (χ4v) is 3.48. The molecule has 0 radical (unpaired) electrons. The van der Waals surface area contributed by atoms with E-state index in [0.29, 0.717) is 11.5 Å². The molecule has 4 rings (SSSR count). The van der Waals surface area contributed by atoms with Gasteiger partial charge in [0.25, 0.3) is 5.56 Å². The summed E-state index contributed by atoms with van der Waals surface area (Å²) in [5, 5.41) is 4.98. The van der Waals surface area contributed by atoms with Gasteiger partial charge in [0, 0.05) is 19.2 Å².